The van der Waals surface area contributed by atoms with Crippen molar-refractivity contribution in [2.24, 2.45) is 0 Å². The molecule has 1 fully saturated rings. The summed E-state index contributed by atoms with van der Waals surface area (Å²) < 4.78 is 5.80. The van der Waals surface area contributed by atoms with Crippen LogP contribution in [0.2, 0.25) is 0 Å². The van der Waals surface area contributed by atoms with Crippen molar-refractivity contribution >= 4 is 0 Å². The second-order valence-corrected chi connectivity index (χ2v) is 6.66. The van der Waals surface area contributed by atoms with Gasteiger partial charge in [0.1, 0.15) is 18.4 Å². The Kier molecular flexibility index (Phi) is 4.35. The van der Waals surface area contributed by atoms with E-state index in [0.29, 0.717) is 12.6 Å². The maximum absolute atomic E-state index is 9.11. The quantitative estimate of drug-likeness (QED) is 0.894. The Labute approximate surface area is 121 Å². The highest BCUT2D eigenvalue weighted by molar-refractivity contribution is 5.38. The first kappa shape index (κ1) is 14.9. The number of ether oxygens (including phenoxy) is 1. The molecule has 0 amide bonds. The topological polar surface area (TPSA) is 45.0 Å². The third-order valence-corrected chi connectivity index (χ3v) is 3.62. The molecule has 1 N–H and O–H groups in total. The predicted molar refractivity (Wildman–Crippen MR) is 80.9 cm³/mol. The molecule has 1 unspecified atom stereocenters. The molecular formula is C17H24N2O. The van der Waals surface area contributed by atoms with E-state index < -0.39 is 0 Å². The predicted octanol–water partition coefficient (Wildman–Crippen LogP) is 3.32. The van der Waals surface area contributed by atoms with Gasteiger partial charge in [-0.05, 0) is 42.4 Å². The van der Waals surface area contributed by atoms with E-state index in [4.69, 9.17) is 10.00 Å². The highest BCUT2D eigenvalue weighted by atomic mass is 16.5. The summed E-state index contributed by atoms with van der Waals surface area (Å²) in [7, 11) is 0. The summed E-state index contributed by atoms with van der Waals surface area (Å²) in [5.74, 6) is 0.871. The minimum absolute atomic E-state index is 0.145. The number of hydrogen-bond acceptors (Lipinski definition) is 3. The summed E-state index contributed by atoms with van der Waals surface area (Å²) in [6.45, 7) is 9.07. The molecule has 1 aliphatic rings. The SMILES string of the molecule is Cc1cc(C(C)(C)C)ccc1OCC(C#N)NC1CC1. The minimum atomic E-state index is -0.218. The summed E-state index contributed by atoms with van der Waals surface area (Å²) >= 11 is 0. The van der Waals surface area contributed by atoms with Gasteiger partial charge in [-0.25, -0.2) is 0 Å². The third-order valence-electron chi connectivity index (χ3n) is 3.62. The van der Waals surface area contributed by atoms with Crippen LogP contribution in [-0.2, 0) is 5.41 Å². The van der Waals surface area contributed by atoms with Gasteiger partial charge in [-0.2, -0.15) is 5.26 Å². The lowest BCUT2D eigenvalue weighted by Gasteiger charge is -2.21. The molecule has 1 saturated carbocycles. The zero-order valence-corrected chi connectivity index (χ0v) is 12.9. The summed E-state index contributed by atoms with van der Waals surface area (Å²) in [5.41, 5.74) is 2.57. The molecule has 2 rings (SSSR count). The molecule has 0 saturated heterocycles. The Hall–Kier alpha value is -1.53. The molecule has 108 valence electrons. The molecule has 3 nitrogen and oxygen atoms in total. The first-order valence-corrected chi connectivity index (χ1v) is 7.30. The Bertz CT molecular complexity index is 507. The van der Waals surface area contributed by atoms with E-state index in [1.165, 1.54) is 18.4 Å². The molecule has 1 aromatic carbocycles. The van der Waals surface area contributed by atoms with Crippen LogP contribution >= 0.6 is 0 Å². The Morgan fingerprint density at radius 1 is 1.40 bits per heavy atom. The molecule has 0 aromatic heterocycles. The third kappa shape index (κ3) is 3.98. The second-order valence-electron chi connectivity index (χ2n) is 6.66. The Morgan fingerprint density at radius 2 is 2.10 bits per heavy atom. The zero-order valence-electron chi connectivity index (χ0n) is 12.9. The lowest BCUT2D eigenvalue weighted by atomic mass is 9.86. The second kappa shape index (κ2) is 5.85. The van der Waals surface area contributed by atoms with Gasteiger partial charge in [0.2, 0.25) is 0 Å². The molecule has 0 aliphatic heterocycles. The maximum atomic E-state index is 9.11. The van der Waals surface area contributed by atoms with Gasteiger partial charge in [0.05, 0.1) is 6.07 Å². The zero-order chi connectivity index (χ0) is 14.8. The largest absolute Gasteiger partial charge is 0.491 e. The highest BCUT2D eigenvalue weighted by Gasteiger charge is 2.24. The van der Waals surface area contributed by atoms with Gasteiger partial charge in [0, 0.05) is 6.04 Å². The van der Waals surface area contributed by atoms with Gasteiger partial charge >= 0.3 is 0 Å². The molecule has 0 radical (unpaired) electrons. The van der Waals surface area contributed by atoms with E-state index in [9.17, 15) is 0 Å². The van der Waals surface area contributed by atoms with Crippen molar-refractivity contribution in [1.82, 2.24) is 5.32 Å². The standard InChI is InChI=1S/C17H24N2O/c1-12-9-13(17(2,3)4)5-8-16(12)20-11-15(10-18)19-14-6-7-14/h5,8-9,14-15,19H,6-7,11H2,1-4H3. The number of nitrogens with one attached hydrogen (secondary N) is 1. The smallest absolute Gasteiger partial charge is 0.130 e. The van der Waals surface area contributed by atoms with Crippen LogP contribution in [0.5, 0.6) is 5.75 Å². The van der Waals surface area contributed by atoms with Crippen LogP contribution in [-0.4, -0.2) is 18.7 Å². The molecule has 3 heteroatoms. The van der Waals surface area contributed by atoms with Gasteiger partial charge in [0.25, 0.3) is 0 Å². The average Bonchev–Trinajstić information content (AvgIpc) is 3.18. The van der Waals surface area contributed by atoms with Crippen molar-refractivity contribution in [3.63, 3.8) is 0 Å². The number of nitriles is 1. The van der Waals surface area contributed by atoms with Crippen molar-refractivity contribution in [2.75, 3.05) is 6.61 Å². The lowest BCUT2D eigenvalue weighted by Crippen LogP contribution is -2.34. The van der Waals surface area contributed by atoms with Crippen molar-refractivity contribution in [2.45, 2.75) is 58.0 Å². The van der Waals surface area contributed by atoms with Crippen LogP contribution in [0.3, 0.4) is 0 Å². The van der Waals surface area contributed by atoms with Crippen LogP contribution in [0, 0.1) is 18.3 Å². The first-order chi connectivity index (χ1) is 9.40. The molecule has 0 spiro atoms. The van der Waals surface area contributed by atoms with Gasteiger partial charge in [0.15, 0.2) is 0 Å². The van der Waals surface area contributed by atoms with Gasteiger partial charge in [-0.1, -0.05) is 32.9 Å². The maximum Gasteiger partial charge on any atom is 0.130 e. The summed E-state index contributed by atoms with van der Waals surface area (Å²) in [5, 5.41) is 12.4. The number of aryl methyl sites for hydroxylation is 1. The van der Waals surface area contributed by atoms with Gasteiger partial charge < -0.3 is 4.74 Å². The molecule has 0 heterocycles. The van der Waals surface area contributed by atoms with Crippen LogP contribution in [0.4, 0.5) is 0 Å². The fourth-order valence-electron chi connectivity index (χ4n) is 2.11. The fraction of sp³-hybridized carbons (Fsp3) is 0.588. The molecule has 20 heavy (non-hydrogen) atoms. The molecule has 1 atom stereocenters. The Balaban J connectivity index is 1.97. The number of nitrogens with zero attached hydrogens (tertiary/aromatic N) is 1. The van der Waals surface area contributed by atoms with Crippen LogP contribution < -0.4 is 10.1 Å². The van der Waals surface area contributed by atoms with E-state index in [2.05, 4.69) is 51.2 Å². The number of rotatable bonds is 5. The highest BCUT2D eigenvalue weighted by Crippen LogP contribution is 2.27. The van der Waals surface area contributed by atoms with Crippen LogP contribution in [0.15, 0.2) is 18.2 Å². The van der Waals surface area contributed by atoms with E-state index in [-0.39, 0.29) is 11.5 Å². The van der Waals surface area contributed by atoms with E-state index in [1.54, 1.807) is 0 Å². The monoisotopic (exact) mass is 272 g/mol. The Morgan fingerprint density at radius 3 is 2.60 bits per heavy atom. The van der Waals surface area contributed by atoms with Crippen LogP contribution in [0.25, 0.3) is 0 Å². The first-order valence-electron chi connectivity index (χ1n) is 7.30. The number of hydrogen-bond donors (Lipinski definition) is 1. The van der Waals surface area contributed by atoms with E-state index >= 15 is 0 Å². The van der Waals surface area contributed by atoms with Crippen molar-refractivity contribution in [1.29, 1.82) is 5.26 Å². The normalized spacial score (nSPS) is 16.6. The number of benzene rings is 1. The van der Waals surface area contributed by atoms with Crippen LogP contribution in [0.1, 0.15) is 44.7 Å². The average molecular weight is 272 g/mol. The molecule has 1 aliphatic carbocycles. The van der Waals surface area contributed by atoms with Crippen molar-refractivity contribution in [3.05, 3.63) is 29.3 Å². The van der Waals surface area contributed by atoms with Gasteiger partial charge in [-0.15, -0.1) is 0 Å². The molecule has 0 bridgehead atoms. The lowest BCUT2D eigenvalue weighted by molar-refractivity contribution is 0.286. The van der Waals surface area contributed by atoms with Gasteiger partial charge in [-0.3, -0.25) is 5.32 Å². The summed E-state index contributed by atoms with van der Waals surface area (Å²) in [4.78, 5) is 0. The minimum Gasteiger partial charge on any atom is -0.491 e. The van der Waals surface area contributed by atoms with Crippen molar-refractivity contribution < 1.29 is 4.74 Å². The summed E-state index contributed by atoms with van der Waals surface area (Å²) in [6.07, 6.45) is 2.36. The van der Waals surface area contributed by atoms with Crippen molar-refractivity contribution in [3.8, 4) is 11.8 Å². The van der Waals surface area contributed by atoms with E-state index in [1.807, 2.05) is 6.07 Å². The van der Waals surface area contributed by atoms with E-state index in [0.717, 1.165) is 11.3 Å². The molecule has 1 aromatic rings. The fourth-order valence-corrected chi connectivity index (χ4v) is 2.11. The summed E-state index contributed by atoms with van der Waals surface area (Å²) in [6, 6.07) is 8.86. The molecular weight excluding hydrogens is 248 g/mol.